The fraction of sp³-hybridized carbons (Fsp3) is 0.933. The first-order valence-electron chi connectivity index (χ1n) is 22.5. The lowest BCUT2D eigenvalue weighted by atomic mass is 9.94. The molecule has 0 aromatic heterocycles. The summed E-state index contributed by atoms with van der Waals surface area (Å²) in [6.07, 6.45) is 32.7. The van der Waals surface area contributed by atoms with Crippen LogP contribution in [0.2, 0.25) is 0 Å². The Balaban J connectivity index is 5.32. The normalized spacial score (nSPS) is 13.1. The van der Waals surface area contributed by atoms with Crippen LogP contribution in [0.3, 0.4) is 0 Å². The molecule has 3 unspecified atom stereocenters. The van der Waals surface area contributed by atoms with E-state index < -0.39 is 0 Å². The number of esters is 2. The number of amides is 1. The van der Waals surface area contributed by atoms with Crippen molar-refractivity contribution in [1.29, 1.82) is 0 Å². The van der Waals surface area contributed by atoms with Gasteiger partial charge in [0.2, 0.25) is 5.91 Å². The molecule has 6 heteroatoms. The van der Waals surface area contributed by atoms with Gasteiger partial charge in [-0.15, -0.1) is 0 Å². The summed E-state index contributed by atoms with van der Waals surface area (Å²) >= 11 is 0. The summed E-state index contributed by atoms with van der Waals surface area (Å²) in [7, 11) is 0. The maximum absolute atomic E-state index is 13.7. The molecule has 0 aliphatic carbocycles. The van der Waals surface area contributed by atoms with Crippen molar-refractivity contribution in [1.82, 2.24) is 4.90 Å². The molecular weight excluding hydrogens is 634 g/mol. The second kappa shape index (κ2) is 36.8. The summed E-state index contributed by atoms with van der Waals surface area (Å²) in [5.74, 6) is -0.358. The lowest BCUT2D eigenvalue weighted by molar-refractivity contribution is -0.153. The zero-order chi connectivity index (χ0) is 37.8. The molecule has 0 bridgehead atoms. The van der Waals surface area contributed by atoms with Crippen molar-refractivity contribution in [2.75, 3.05) is 26.3 Å². The van der Waals surface area contributed by atoms with E-state index in [1.54, 1.807) is 4.90 Å². The van der Waals surface area contributed by atoms with E-state index in [2.05, 4.69) is 34.6 Å². The second-order valence-corrected chi connectivity index (χ2v) is 15.6. The van der Waals surface area contributed by atoms with Crippen molar-refractivity contribution < 1.29 is 23.9 Å². The maximum atomic E-state index is 13.7. The van der Waals surface area contributed by atoms with E-state index in [9.17, 15) is 14.4 Å². The Morgan fingerprint density at radius 3 is 1.02 bits per heavy atom. The maximum Gasteiger partial charge on any atom is 0.308 e. The van der Waals surface area contributed by atoms with E-state index in [1.165, 1.54) is 103 Å². The lowest BCUT2D eigenvalue weighted by Gasteiger charge is -2.26. The van der Waals surface area contributed by atoms with Gasteiger partial charge in [-0.1, -0.05) is 196 Å². The predicted octanol–water partition coefficient (Wildman–Crippen LogP) is 13.2. The Hall–Kier alpha value is -1.59. The summed E-state index contributed by atoms with van der Waals surface area (Å²) in [5, 5.41) is 0. The van der Waals surface area contributed by atoms with Crippen molar-refractivity contribution >= 4 is 17.8 Å². The van der Waals surface area contributed by atoms with Crippen LogP contribution in [0, 0.1) is 17.8 Å². The Kier molecular flexibility index (Phi) is 35.6. The molecule has 0 N–H and O–H groups in total. The van der Waals surface area contributed by atoms with Gasteiger partial charge in [0.15, 0.2) is 0 Å². The summed E-state index contributed by atoms with van der Waals surface area (Å²) in [4.78, 5) is 42.1. The molecule has 0 fully saturated rings. The van der Waals surface area contributed by atoms with Crippen LogP contribution in [0.25, 0.3) is 0 Å². The molecule has 0 radical (unpaired) electrons. The number of ether oxygens (including phenoxy) is 2. The van der Waals surface area contributed by atoms with Crippen LogP contribution in [-0.2, 0) is 23.9 Å². The zero-order valence-electron chi connectivity index (χ0n) is 35.1. The summed E-state index contributed by atoms with van der Waals surface area (Å²) < 4.78 is 11.8. The summed E-state index contributed by atoms with van der Waals surface area (Å²) in [6.45, 7) is 14.2. The molecule has 6 nitrogen and oxygen atoms in total. The monoisotopic (exact) mass is 722 g/mol. The lowest BCUT2D eigenvalue weighted by Crippen LogP contribution is -2.40. The van der Waals surface area contributed by atoms with Gasteiger partial charge in [0, 0.05) is 5.92 Å². The van der Waals surface area contributed by atoms with Gasteiger partial charge in [0.05, 0.1) is 24.9 Å². The van der Waals surface area contributed by atoms with Gasteiger partial charge in [-0.3, -0.25) is 14.4 Å². The minimum atomic E-state index is -0.105. The summed E-state index contributed by atoms with van der Waals surface area (Å²) in [5.41, 5.74) is 0. The zero-order valence-corrected chi connectivity index (χ0v) is 35.1. The number of hydrogen-bond donors (Lipinski definition) is 0. The first-order valence-corrected chi connectivity index (χ1v) is 22.5. The van der Waals surface area contributed by atoms with E-state index >= 15 is 0 Å². The molecule has 0 aliphatic heterocycles. The van der Waals surface area contributed by atoms with E-state index in [4.69, 9.17) is 9.47 Å². The van der Waals surface area contributed by atoms with Crippen molar-refractivity contribution in [3.05, 3.63) is 0 Å². The molecule has 0 aromatic carbocycles. The van der Waals surface area contributed by atoms with Crippen molar-refractivity contribution in [3.8, 4) is 0 Å². The third-order valence-corrected chi connectivity index (χ3v) is 10.7. The third-order valence-electron chi connectivity index (χ3n) is 10.7. The molecule has 0 aromatic rings. The van der Waals surface area contributed by atoms with E-state index in [-0.39, 0.29) is 48.8 Å². The van der Waals surface area contributed by atoms with Crippen molar-refractivity contribution in [3.63, 3.8) is 0 Å². The number of unbranched alkanes of at least 4 members (excludes halogenated alkanes) is 19. The Morgan fingerprint density at radius 1 is 0.412 bits per heavy atom. The Bertz CT molecular complexity index is 751. The number of hydrogen-bond acceptors (Lipinski definition) is 5. The quantitative estimate of drug-likeness (QED) is 0.0469. The van der Waals surface area contributed by atoms with Crippen LogP contribution >= 0.6 is 0 Å². The van der Waals surface area contributed by atoms with Crippen molar-refractivity contribution in [2.24, 2.45) is 17.8 Å². The largest absolute Gasteiger partial charge is 0.464 e. The molecule has 0 heterocycles. The predicted molar refractivity (Wildman–Crippen MR) is 217 cm³/mol. The van der Waals surface area contributed by atoms with Crippen LogP contribution in [0.15, 0.2) is 0 Å². The fourth-order valence-corrected chi connectivity index (χ4v) is 7.13. The topological polar surface area (TPSA) is 72.9 Å². The molecule has 0 saturated carbocycles. The van der Waals surface area contributed by atoms with Gasteiger partial charge in [0.25, 0.3) is 0 Å². The minimum absolute atomic E-state index is 0.0588. The highest BCUT2D eigenvalue weighted by molar-refractivity contribution is 5.78. The molecule has 0 rings (SSSR count). The standard InChI is InChI=1S/C45H87NO5/c1-7-12-17-22-24-29-34-41(32-27-20-15-10-4)44(48)50-38-36-46(43(47)40(6)31-26-19-14-9-3)37-39-51-45(49)42(33-28-21-16-11-5)35-30-25-23-18-13-8-2/h40-42H,7-39H2,1-6H3. The van der Waals surface area contributed by atoms with Gasteiger partial charge in [-0.25, -0.2) is 0 Å². The molecule has 3 atom stereocenters. The molecule has 0 saturated heterocycles. The highest BCUT2D eigenvalue weighted by atomic mass is 16.5. The highest BCUT2D eigenvalue weighted by Crippen LogP contribution is 2.22. The smallest absolute Gasteiger partial charge is 0.308 e. The van der Waals surface area contributed by atoms with Crippen LogP contribution in [0.5, 0.6) is 0 Å². The van der Waals surface area contributed by atoms with E-state index in [1.807, 2.05) is 6.92 Å². The Morgan fingerprint density at radius 2 is 0.686 bits per heavy atom. The van der Waals surface area contributed by atoms with Gasteiger partial charge < -0.3 is 14.4 Å². The first-order chi connectivity index (χ1) is 24.9. The van der Waals surface area contributed by atoms with Crippen LogP contribution in [0.4, 0.5) is 0 Å². The van der Waals surface area contributed by atoms with Gasteiger partial charge in [-0.05, 0) is 32.1 Å². The van der Waals surface area contributed by atoms with E-state index in [0.29, 0.717) is 13.1 Å². The average Bonchev–Trinajstić information content (AvgIpc) is 3.13. The SMILES string of the molecule is CCCCCCCCC(CCCCCC)C(=O)OCCN(CCOC(=O)C(CCCCCC)CCCCCCCC)C(=O)C(C)CCCCCC. The van der Waals surface area contributed by atoms with Gasteiger partial charge in [-0.2, -0.15) is 0 Å². The first kappa shape index (κ1) is 49.4. The molecule has 0 aliphatic rings. The average molecular weight is 722 g/mol. The summed E-state index contributed by atoms with van der Waals surface area (Å²) in [6, 6.07) is 0. The molecule has 0 spiro atoms. The number of carbonyl (C=O) groups is 3. The molecule has 302 valence electrons. The second-order valence-electron chi connectivity index (χ2n) is 15.6. The van der Waals surface area contributed by atoms with Crippen LogP contribution in [0.1, 0.15) is 228 Å². The highest BCUT2D eigenvalue weighted by Gasteiger charge is 2.24. The van der Waals surface area contributed by atoms with Crippen LogP contribution < -0.4 is 0 Å². The third kappa shape index (κ3) is 28.6. The number of nitrogens with zero attached hydrogens (tertiary/aromatic N) is 1. The minimum Gasteiger partial charge on any atom is -0.464 e. The van der Waals surface area contributed by atoms with Gasteiger partial charge in [0.1, 0.15) is 13.2 Å². The van der Waals surface area contributed by atoms with E-state index in [0.717, 1.165) is 83.5 Å². The fourth-order valence-electron chi connectivity index (χ4n) is 7.13. The molecular formula is C45H87NO5. The number of rotatable bonds is 38. The molecule has 1 amide bonds. The van der Waals surface area contributed by atoms with Crippen LogP contribution in [-0.4, -0.2) is 49.0 Å². The van der Waals surface area contributed by atoms with Gasteiger partial charge >= 0.3 is 11.9 Å². The Labute approximate surface area is 317 Å². The number of carbonyl (C=O) groups excluding carboxylic acids is 3. The van der Waals surface area contributed by atoms with Crippen molar-refractivity contribution in [2.45, 2.75) is 228 Å². The molecule has 51 heavy (non-hydrogen) atoms.